The van der Waals surface area contributed by atoms with Crippen LogP contribution in [0, 0.1) is 11.8 Å². The first-order chi connectivity index (χ1) is 21.5. The maximum absolute atomic E-state index is 12.2. The van der Waals surface area contributed by atoms with Crippen molar-refractivity contribution in [2.45, 2.75) is 218 Å². The molecule has 1 unspecified atom stereocenters. The van der Waals surface area contributed by atoms with Crippen molar-refractivity contribution in [2.24, 2.45) is 11.8 Å². The van der Waals surface area contributed by atoms with Crippen LogP contribution in [0.3, 0.4) is 0 Å². The van der Waals surface area contributed by atoms with Crippen molar-refractivity contribution >= 4 is 46.7 Å². The van der Waals surface area contributed by atoms with Crippen LogP contribution in [0.15, 0.2) is 0 Å². The van der Waals surface area contributed by atoms with Crippen LogP contribution in [-0.2, 0) is 19.1 Å². The van der Waals surface area contributed by atoms with E-state index in [-0.39, 0.29) is 12.8 Å². The number of alkyl halides is 3. The fourth-order valence-corrected chi connectivity index (χ4v) is 6.08. The molecular weight excluding hydrogens is 627 g/mol. The lowest BCUT2D eigenvalue weighted by molar-refractivity contribution is -0.160. The Balaban J connectivity index is 3.66. The van der Waals surface area contributed by atoms with Gasteiger partial charge in [0.05, 0.1) is 0 Å². The Hall–Kier alpha value is -0.190. The predicted molar refractivity (Wildman–Crippen MR) is 195 cm³/mol. The van der Waals surface area contributed by atoms with Gasteiger partial charge < -0.3 is 9.47 Å². The summed E-state index contributed by atoms with van der Waals surface area (Å²) in [6.45, 7) is 9.20. The monoisotopic (exact) mass is 696 g/mol. The molecule has 0 N–H and O–H groups in total. The van der Waals surface area contributed by atoms with Gasteiger partial charge in [-0.15, -0.1) is 0 Å². The van der Waals surface area contributed by atoms with Crippen LogP contribution in [0.4, 0.5) is 0 Å². The second-order valence-electron chi connectivity index (χ2n) is 14.2. The molecule has 0 aliphatic heterocycles. The summed E-state index contributed by atoms with van der Waals surface area (Å²) in [6, 6.07) is 0. The van der Waals surface area contributed by atoms with Gasteiger partial charge in [-0.05, 0) is 24.7 Å². The summed E-state index contributed by atoms with van der Waals surface area (Å²) < 4.78 is 8.18. The number of carbonyl (C=O) groups is 2. The van der Waals surface area contributed by atoms with E-state index in [9.17, 15) is 9.59 Å². The fraction of sp³-hybridized carbons (Fsp3) is 0.947. The number of esters is 2. The molecule has 0 aliphatic rings. The molecule has 0 rings (SSSR count). The van der Waals surface area contributed by atoms with Crippen LogP contribution < -0.4 is 0 Å². The molecule has 45 heavy (non-hydrogen) atoms. The molecule has 0 saturated heterocycles. The molecule has 0 heterocycles. The minimum absolute atomic E-state index is 0.216. The van der Waals surface area contributed by atoms with Crippen molar-refractivity contribution in [3.63, 3.8) is 0 Å². The molecule has 0 saturated carbocycles. The van der Waals surface area contributed by atoms with Gasteiger partial charge in [0, 0.05) is 12.8 Å². The van der Waals surface area contributed by atoms with Crippen LogP contribution in [0.25, 0.3) is 0 Å². The Morgan fingerprint density at radius 3 is 1.04 bits per heavy atom. The van der Waals surface area contributed by atoms with Crippen molar-refractivity contribution in [2.75, 3.05) is 0 Å². The predicted octanol–water partition coefficient (Wildman–Crippen LogP) is 14.0. The highest BCUT2D eigenvalue weighted by molar-refractivity contribution is 6.51. The van der Waals surface area contributed by atoms with Gasteiger partial charge in [0.15, 0.2) is 0 Å². The van der Waals surface area contributed by atoms with E-state index in [1.807, 2.05) is 0 Å². The quantitative estimate of drug-likeness (QED) is 0.0389. The van der Waals surface area contributed by atoms with E-state index in [1.54, 1.807) is 0 Å². The largest absolute Gasteiger partial charge is 0.439 e. The summed E-state index contributed by atoms with van der Waals surface area (Å²) in [7, 11) is 0. The number of ether oxygens (including phenoxy) is 2. The highest BCUT2D eigenvalue weighted by Gasteiger charge is 2.40. The molecule has 0 aromatic rings. The molecule has 0 bridgehead atoms. The molecular formula is C38H71Cl3O4. The van der Waals surface area contributed by atoms with Gasteiger partial charge in [0.1, 0.15) is 0 Å². The third kappa shape index (κ3) is 32.1. The highest BCUT2D eigenvalue weighted by atomic mass is 35.5. The SMILES string of the molecule is CC(C)CCCCCCCCCCCCCCC(=O)OC(Cl)C(Cl)(Cl)OC(=O)CCCCCCCCCCCCCCC(C)C. The van der Waals surface area contributed by atoms with Crippen molar-refractivity contribution in [1.29, 1.82) is 0 Å². The maximum Gasteiger partial charge on any atom is 0.312 e. The Morgan fingerprint density at radius 1 is 0.467 bits per heavy atom. The minimum Gasteiger partial charge on any atom is -0.439 e. The summed E-state index contributed by atoms with van der Waals surface area (Å²) in [5, 5.41) is 0. The number of carbonyl (C=O) groups excluding carboxylic acids is 2. The van der Waals surface area contributed by atoms with E-state index in [4.69, 9.17) is 44.3 Å². The Bertz CT molecular complexity index is 684. The molecule has 0 aromatic carbocycles. The maximum atomic E-state index is 12.2. The van der Waals surface area contributed by atoms with Gasteiger partial charge in [-0.3, -0.25) is 9.59 Å². The average Bonchev–Trinajstić information content (AvgIpc) is 2.96. The third-order valence-corrected chi connectivity index (χ3v) is 9.74. The number of halogens is 3. The van der Waals surface area contributed by atoms with E-state index in [1.165, 1.54) is 128 Å². The second kappa shape index (κ2) is 31.1. The first-order valence-corrected chi connectivity index (χ1v) is 20.2. The summed E-state index contributed by atoms with van der Waals surface area (Å²) in [5.74, 6) is 0.652. The van der Waals surface area contributed by atoms with Crippen molar-refractivity contribution in [3.05, 3.63) is 0 Å². The fourth-order valence-electron chi connectivity index (χ4n) is 5.67. The Morgan fingerprint density at radius 2 is 0.733 bits per heavy atom. The summed E-state index contributed by atoms with van der Waals surface area (Å²) >= 11 is 18.3. The number of rotatable bonds is 33. The number of hydrogen-bond donors (Lipinski definition) is 0. The lowest BCUT2D eigenvalue weighted by Gasteiger charge is -2.24. The Kier molecular flexibility index (Phi) is 31.0. The minimum atomic E-state index is -2.10. The average molecular weight is 698 g/mol. The summed E-state index contributed by atoms with van der Waals surface area (Å²) in [6.07, 6.45) is 32.6. The Labute approximate surface area is 294 Å². The van der Waals surface area contributed by atoms with E-state index in [0.717, 1.165) is 43.9 Å². The molecule has 1 atom stereocenters. The van der Waals surface area contributed by atoms with E-state index >= 15 is 0 Å². The molecule has 0 amide bonds. The van der Waals surface area contributed by atoms with Crippen molar-refractivity contribution in [1.82, 2.24) is 0 Å². The van der Waals surface area contributed by atoms with Crippen LogP contribution in [0.5, 0.6) is 0 Å². The van der Waals surface area contributed by atoms with Crippen LogP contribution in [-0.4, -0.2) is 22.0 Å². The van der Waals surface area contributed by atoms with Crippen LogP contribution >= 0.6 is 34.8 Å². The van der Waals surface area contributed by atoms with Gasteiger partial charge in [0.2, 0.25) is 5.56 Å². The third-order valence-electron chi connectivity index (χ3n) is 8.57. The topological polar surface area (TPSA) is 52.6 Å². The zero-order valence-electron chi connectivity index (χ0n) is 29.8. The normalized spacial score (nSPS) is 12.6. The molecule has 0 aromatic heterocycles. The van der Waals surface area contributed by atoms with Gasteiger partial charge in [-0.1, -0.05) is 217 Å². The van der Waals surface area contributed by atoms with Crippen molar-refractivity contribution in [3.8, 4) is 0 Å². The number of unbranched alkanes of at least 4 members (excludes halogenated alkanes) is 22. The van der Waals surface area contributed by atoms with Crippen LogP contribution in [0.2, 0.25) is 0 Å². The van der Waals surface area contributed by atoms with Crippen molar-refractivity contribution < 1.29 is 19.1 Å². The van der Waals surface area contributed by atoms with Gasteiger partial charge in [0.25, 0.3) is 0 Å². The molecule has 7 heteroatoms. The molecule has 0 fully saturated rings. The summed E-state index contributed by atoms with van der Waals surface area (Å²) in [4.78, 5) is 24.4. The zero-order chi connectivity index (χ0) is 33.6. The highest BCUT2D eigenvalue weighted by Crippen LogP contribution is 2.33. The first kappa shape index (κ1) is 44.8. The van der Waals surface area contributed by atoms with Crippen LogP contribution in [0.1, 0.15) is 207 Å². The van der Waals surface area contributed by atoms with E-state index < -0.39 is 22.0 Å². The molecule has 0 radical (unpaired) electrons. The van der Waals surface area contributed by atoms with Gasteiger partial charge in [-0.2, -0.15) is 0 Å². The number of hydrogen-bond acceptors (Lipinski definition) is 4. The molecule has 268 valence electrons. The smallest absolute Gasteiger partial charge is 0.312 e. The molecule has 0 aliphatic carbocycles. The lowest BCUT2D eigenvalue weighted by atomic mass is 10.0. The lowest BCUT2D eigenvalue weighted by Crippen LogP contribution is -2.36. The molecule has 0 spiro atoms. The molecule has 4 nitrogen and oxygen atoms in total. The summed E-state index contributed by atoms with van der Waals surface area (Å²) in [5.41, 5.74) is -1.45. The van der Waals surface area contributed by atoms with Gasteiger partial charge >= 0.3 is 16.5 Å². The van der Waals surface area contributed by atoms with E-state index in [0.29, 0.717) is 6.42 Å². The first-order valence-electron chi connectivity index (χ1n) is 19.0. The standard InChI is InChI=1S/C38H71Cl3O4/c1-33(2)29-25-21-17-13-9-5-7-11-15-19-23-27-31-35(42)44-37(39)38(40,41)45-36(43)32-28-24-20-16-12-8-6-10-14-18-22-26-30-34(3)4/h33-34,37H,5-32H2,1-4H3. The van der Waals surface area contributed by atoms with Gasteiger partial charge in [-0.25, -0.2) is 0 Å². The zero-order valence-corrected chi connectivity index (χ0v) is 32.1. The second-order valence-corrected chi connectivity index (χ2v) is 15.9. The van der Waals surface area contributed by atoms with E-state index in [2.05, 4.69) is 27.7 Å².